The topological polar surface area (TPSA) is 51.2 Å². The lowest BCUT2D eigenvalue weighted by Gasteiger charge is -2.44. The van der Waals surface area contributed by atoms with Crippen molar-refractivity contribution in [2.45, 2.75) is 57.2 Å². The SMILES string of the molecule is COCOc1cc(C)ccc1O[C@H]1C[C@H]2CCC[C@@H](C1)N2O. The number of rotatable bonds is 5. The van der Waals surface area contributed by atoms with Gasteiger partial charge in [0.25, 0.3) is 0 Å². The highest BCUT2D eigenvalue weighted by Gasteiger charge is 2.38. The fourth-order valence-electron chi connectivity index (χ4n) is 3.53. The Morgan fingerprint density at radius 1 is 1.18 bits per heavy atom. The van der Waals surface area contributed by atoms with Gasteiger partial charge in [0.05, 0.1) is 0 Å². The van der Waals surface area contributed by atoms with Crippen molar-refractivity contribution in [1.82, 2.24) is 5.06 Å². The van der Waals surface area contributed by atoms with Gasteiger partial charge in [-0.1, -0.05) is 12.5 Å². The van der Waals surface area contributed by atoms with Crippen LogP contribution < -0.4 is 9.47 Å². The van der Waals surface area contributed by atoms with E-state index >= 15 is 0 Å². The lowest BCUT2D eigenvalue weighted by atomic mass is 9.85. The summed E-state index contributed by atoms with van der Waals surface area (Å²) < 4.78 is 16.8. The summed E-state index contributed by atoms with van der Waals surface area (Å²) in [7, 11) is 1.61. The summed E-state index contributed by atoms with van der Waals surface area (Å²) in [5.74, 6) is 1.48. The van der Waals surface area contributed by atoms with Crippen LogP contribution in [0.2, 0.25) is 0 Å². The number of hydroxylamine groups is 2. The molecule has 0 amide bonds. The lowest BCUT2D eigenvalue weighted by molar-refractivity contribution is -0.207. The van der Waals surface area contributed by atoms with Crippen LogP contribution in [0.15, 0.2) is 18.2 Å². The van der Waals surface area contributed by atoms with Crippen molar-refractivity contribution < 1.29 is 19.4 Å². The van der Waals surface area contributed by atoms with Crippen molar-refractivity contribution >= 4 is 0 Å². The molecule has 0 unspecified atom stereocenters. The van der Waals surface area contributed by atoms with Gasteiger partial charge in [0.2, 0.25) is 0 Å². The molecule has 1 N–H and O–H groups in total. The van der Waals surface area contributed by atoms with Crippen molar-refractivity contribution in [1.29, 1.82) is 0 Å². The molecule has 122 valence electrons. The number of piperidine rings is 2. The largest absolute Gasteiger partial charge is 0.486 e. The molecule has 5 heteroatoms. The molecule has 2 aliphatic heterocycles. The van der Waals surface area contributed by atoms with E-state index in [9.17, 15) is 5.21 Å². The molecule has 22 heavy (non-hydrogen) atoms. The van der Waals surface area contributed by atoms with Crippen LogP contribution in [0.5, 0.6) is 11.5 Å². The summed E-state index contributed by atoms with van der Waals surface area (Å²) in [6.07, 6.45) is 5.16. The van der Waals surface area contributed by atoms with Crippen LogP contribution in [0.4, 0.5) is 0 Å². The minimum absolute atomic E-state index is 0.131. The zero-order valence-electron chi connectivity index (χ0n) is 13.3. The van der Waals surface area contributed by atoms with E-state index in [0.717, 1.165) is 42.7 Å². The third kappa shape index (κ3) is 3.37. The van der Waals surface area contributed by atoms with E-state index in [1.807, 2.05) is 25.1 Å². The average Bonchev–Trinajstić information content (AvgIpc) is 2.48. The Morgan fingerprint density at radius 3 is 2.59 bits per heavy atom. The van der Waals surface area contributed by atoms with Gasteiger partial charge in [-0.2, -0.15) is 5.06 Å². The Bertz CT molecular complexity index is 493. The quantitative estimate of drug-likeness (QED) is 0.847. The number of nitrogens with zero attached hydrogens (tertiary/aromatic N) is 1. The highest BCUT2D eigenvalue weighted by Crippen LogP contribution is 2.36. The molecule has 2 fully saturated rings. The Balaban J connectivity index is 1.70. The molecular weight excluding hydrogens is 282 g/mol. The number of fused-ring (bicyclic) bond motifs is 2. The van der Waals surface area contributed by atoms with Crippen molar-refractivity contribution in [2.24, 2.45) is 0 Å². The van der Waals surface area contributed by atoms with Crippen molar-refractivity contribution in [3.8, 4) is 11.5 Å². The van der Waals surface area contributed by atoms with Crippen molar-refractivity contribution in [3.05, 3.63) is 23.8 Å². The second-order valence-corrected chi connectivity index (χ2v) is 6.33. The van der Waals surface area contributed by atoms with Gasteiger partial charge in [-0.3, -0.25) is 0 Å². The predicted octanol–water partition coefficient (Wildman–Crippen LogP) is 3.13. The summed E-state index contributed by atoms with van der Waals surface area (Å²) >= 11 is 0. The predicted molar refractivity (Wildman–Crippen MR) is 82.4 cm³/mol. The average molecular weight is 307 g/mol. The van der Waals surface area contributed by atoms with E-state index < -0.39 is 0 Å². The number of hydrogen-bond acceptors (Lipinski definition) is 5. The van der Waals surface area contributed by atoms with Crippen LogP contribution in [0, 0.1) is 6.92 Å². The van der Waals surface area contributed by atoms with Crippen LogP contribution in [0.1, 0.15) is 37.7 Å². The Labute approximate surface area is 131 Å². The lowest BCUT2D eigenvalue weighted by Crippen LogP contribution is -2.52. The first kappa shape index (κ1) is 15.6. The number of methoxy groups -OCH3 is 1. The number of hydrogen-bond donors (Lipinski definition) is 1. The molecular formula is C17H25NO4. The minimum Gasteiger partial charge on any atom is -0.486 e. The van der Waals surface area contributed by atoms with Gasteiger partial charge in [-0.05, 0) is 37.5 Å². The van der Waals surface area contributed by atoms with Gasteiger partial charge in [0.15, 0.2) is 18.3 Å². The zero-order chi connectivity index (χ0) is 15.5. The first-order valence-electron chi connectivity index (χ1n) is 8.03. The highest BCUT2D eigenvalue weighted by atomic mass is 16.7. The van der Waals surface area contributed by atoms with Gasteiger partial charge in [0, 0.05) is 32.0 Å². The number of ether oxygens (including phenoxy) is 3. The monoisotopic (exact) mass is 307 g/mol. The fraction of sp³-hybridized carbons (Fsp3) is 0.647. The summed E-state index contributed by atoms with van der Waals surface area (Å²) in [6.45, 7) is 2.23. The molecule has 0 spiro atoms. The maximum absolute atomic E-state index is 10.1. The smallest absolute Gasteiger partial charge is 0.188 e. The first-order chi connectivity index (χ1) is 10.7. The molecule has 3 rings (SSSR count). The Hall–Kier alpha value is -1.30. The first-order valence-corrected chi connectivity index (χ1v) is 8.03. The maximum atomic E-state index is 10.1. The number of aryl methyl sites for hydroxylation is 1. The molecule has 2 aliphatic rings. The van der Waals surface area contributed by atoms with Gasteiger partial charge in [-0.15, -0.1) is 0 Å². The van der Waals surface area contributed by atoms with Crippen LogP contribution in [-0.4, -0.2) is 42.4 Å². The summed E-state index contributed by atoms with van der Waals surface area (Å²) in [6, 6.07) is 6.41. The minimum atomic E-state index is 0.131. The summed E-state index contributed by atoms with van der Waals surface area (Å²) in [5, 5.41) is 11.7. The van der Waals surface area contributed by atoms with Crippen LogP contribution in [0.25, 0.3) is 0 Å². The molecule has 0 saturated carbocycles. The van der Waals surface area contributed by atoms with E-state index in [4.69, 9.17) is 14.2 Å². The Morgan fingerprint density at radius 2 is 1.91 bits per heavy atom. The highest BCUT2D eigenvalue weighted by molar-refractivity contribution is 5.42. The third-order valence-corrected chi connectivity index (χ3v) is 4.62. The van der Waals surface area contributed by atoms with E-state index in [1.165, 1.54) is 6.42 Å². The molecule has 0 aromatic heterocycles. The van der Waals surface area contributed by atoms with Gasteiger partial charge in [0.1, 0.15) is 6.10 Å². The van der Waals surface area contributed by atoms with Crippen molar-refractivity contribution in [2.75, 3.05) is 13.9 Å². The van der Waals surface area contributed by atoms with Gasteiger partial charge in [-0.25, -0.2) is 0 Å². The van der Waals surface area contributed by atoms with Gasteiger partial charge < -0.3 is 19.4 Å². The molecule has 2 bridgehead atoms. The van der Waals surface area contributed by atoms with Crippen LogP contribution >= 0.6 is 0 Å². The second-order valence-electron chi connectivity index (χ2n) is 6.33. The van der Waals surface area contributed by atoms with Crippen molar-refractivity contribution in [3.63, 3.8) is 0 Å². The van der Waals surface area contributed by atoms with E-state index in [2.05, 4.69) is 0 Å². The standard InChI is InChI=1S/C17H25NO4/c1-12-6-7-16(17(8-12)21-11-20-2)22-15-9-13-4-3-5-14(10-15)18(13)19/h6-8,13-15,19H,3-5,9-11H2,1-2H3/t13-,14+,15+. The third-order valence-electron chi connectivity index (χ3n) is 4.62. The summed E-state index contributed by atoms with van der Waals surface area (Å²) in [5.41, 5.74) is 1.13. The fourth-order valence-corrected chi connectivity index (χ4v) is 3.53. The molecule has 0 radical (unpaired) electrons. The second kappa shape index (κ2) is 6.86. The van der Waals surface area contributed by atoms with E-state index in [1.54, 1.807) is 12.2 Å². The van der Waals surface area contributed by atoms with E-state index in [0.29, 0.717) is 0 Å². The van der Waals surface area contributed by atoms with Gasteiger partial charge >= 0.3 is 0 Å². The maximum Gasteiger partial charge on any atom is 0.188 e. The molecule has 1 aromatic rings. The zero-order valence-corrected chi connectivity index (χ0v) is 13.3. The summed E-state index contributed by atoms with van der Waals surface area (Å²) in [4.78, 5) is 0. The van der Waals surface area contributed by atoms with Crippen LogP contribution in [-0.2, 0) is 4.74 Å². The van der Waals surface area contributed by atoms with E-state index in [-0.39, 0.29) is 25.0 Å². The molecule has 0 aliphatic carbocycles. The molecule has 2 heterocycles. The number of benzene rings is 1. The Kier molecular flexibility index (Phi) is 4.86. The molecule has 5 nitrogen and oxygen atoms in total. The molecule has 3 atom stereocenters. The molecule has 1 aromatic carbocycles. The molecule has 2 saturated heterocycles. The van der Waals surface area contributed by atoms with Crippen LogP contribution in [0.3, 0.4) is 0 Å². The normalized spacial score (nSPS) is 28.4.